The third-order valence-electron chi connectivity index (χ3n) is 5.43. The molecule has 1 N–H and O–H groups in total. The summed E-state index contributed by atoms with van der Waals surface area (Å²) in [5.41, 5.74) is 4.50. The molecule has 6 nitrogen and oxygen atoms in total. The van der Waals surface area contributed by atoms with Crippen LogP contribution in [0.15, 0.2) is 35.7 Å². The highest BCUT2D eigenvalue weighted by Crippen LogP contribution is 2.40. The average Bonchev–Trinajstić information content (AvgIpc) is 3.32. The van der Waals surface area contributed by atoms with Crippen LogP contribution in [-0.4, -0.2) is 41.2 Å². The molecule has 1 aliphatic heterocycles. The Morgan fingerprint density at radius 2 is 1.72 bits per heavy atom. The molecule has 0 fully saturated rings. The fourth-order valence-corrected chi connectivity index (χ4v) is 4.90. The summed E-state index contributed by atoms with van der Waals surface area (Å²) >= 11 is 1.42. The first-order valence-corrected chi connectivity index (χ1v) is 10.3. The van der Waals surface area contributed by atoms with Gasteiger partial charge in [0.1, 0.15) is 22.5 Å². The lowest BCUT2D eigenvalue weighted by Crippen LogP contribution is -2.38. The number of aliphatic hydroxyl groups is 1. The molecule has 1 unspecified atom stereocenters. The second-order valence-electron chi connectivity index (χ2n) is 7.15. The number of hydrogen-bond acceptors (Lipinski definition) is 5. The zero-order chi connectivity index (χ0) is 20.7. The van der Waals surface area contributed by atoms with Gasteiger partial charge in [-0.2, -0.15) is 0 Å². The maximum absolute atomic E-state index is 13.4. The lowest BCUT2D eigenvalue weighted by molar-refractivity contribution is 0.0543. The van der Waals surface area contributed by atoms with Crippen LogP contribution in [0.2, 0.25) is 0 Å². The van der Waals surface area contributed by atoms with Crippen LogP contribution in [-0.2, 0) is 6.54 Å². The lowest BCUT2D eigenvalue weighted by Gasteiger charge is -2.34. The Morgan fingerprint density at radius 3 is 2.38 bits per heavy atom. The number of fused-ring (bicyclic) bond motifs is 1. The first kappa shape index (κ1) is 19.5. The summed E-state index contributed by atoms with van der Waals surface area (Å²) in [6, 6.07) is 9.64. The molecule has 0 bridgehead atoms. The predicted molar refractivity (Wildman–Crippen MR) is 112 cm³/mol. The monoisotopic (exact) mass is 412 g/mol. The minimum Gasteiger partial charge on any atom is -0.496 e. The summed E-state index contributed by atoms with van der Waals surface area (Å²) < 4.78 is 13.0. The number of ether oxygens (including phenoxy) is 2. The Labute approximate surface area is 173 Å². The maximum Gasteiger partial charge on any atom is 0.266 e. The molecule has 1 amide bonds. The van der Waals surface area contributed by atoms with Gasteiger partial charge >= 0.3 is 0 Å². The molecule has 3 aromatic rings. The van der Waals surface area contributed by atoms with Gasteiger partial charge in [-0.1, -0.05) is 0 Å². The van der Waals surface area contributed by atoms with Gasteiger partial charge in [-0.15, -0.1) is 11.3 Å². The largest absolute Gasteiger partial charge is 0.496 e. The van der Waals surface area contributed by atoms with Gasteiger partial charge in [0.25, 0.3) is 5.91 Å². The number of aromatic nitrogens is 1. The van der Waals surface area contributed by atoms with E-state index < -0.39 is 6.10 Å². The number of nitrogens with zero attached hydrogens (tertiary/aromatic N) is 2. The molecule has 0 radical (unpaired) electrons. The van der Waals surface area contributed by atoms with E-state index in [1.807, 2.05) is 43.5 Å². The molecule has 0 saturated carbocycles. The first-order valence-electron chi connectivity index (χ1n) is 9.40. The molecule has 7 heteroatoms. The second-order valence-corrected chi connectivity index (χ2v) is 8.07. The van der Waals surface area contributed by atoms with E-state index in [0.29, 0.717) is 28.5 Å². The van der Waals surface area contributed by atoms with Gasteiger partial charge in [0, 0.05) is 22.5 Å². The van der Waals surface area contributed by atoms with E-state index in [1.165, 1.54) is 11.3 Å². The van der Waals surface area contributed by atoms with Crippen molar-refractivity contribution in [2.75, 3.05) is 20.8 Å². The molecule has 152 valence electrons. The van der Waals surface area contributed by atoms with Crippen LogP contribution in [0.4, 0.5) is 0 Å². The summed E-state index contributed by atoms with van der Waals surface area (Å²) in [6.45, 7) is 4.61. The summed E-state index contributed by atoms with van der Waals surface area (Å²) in [6.07, 6.45) is -0.841. The molecule has 1 aliphatic rings. The number of amides is 1. The first-order chi connectivity index (χ1) is 14.0. The minimum atomic E-state index is -0.841. The van der Waals surface area contributed by atoms with Gasteiger partial charge in [-0.05, 0) is 49.6 Å². The fourth-order valence-electron chi connectivity index (χ4n) is 4.06. The van der Waals surface area contributed by atoms with E-state index in [4.69, 9.17) is 9.47 Å². The van der Waals surface area contributed by atoms with Crippen LogP contribution in [0, 0.1) is 13.8 Å². The van der Waals surface area contributed by atoms with E-state index in [0.717, 1.165) is 22.6 Å². The second kappa shape index (κ2) is 7.57. The van der Waals surface area contributed by atoms with E-state index >= 15 is 0 Å². The minimum absolute atomic E-state index is 0.0999. The molecule has 0 spiro atoms. The maximum atomic E-state index is 13.4. The van der Waals surface area contributed by atoms with Crippen molar-refractivity contribution in [3.05, 3.63) is 63.1 Å². The van der Waals surface area contributed by atoms with Crippen molar-refractivity contribution >= 4 is 17.2 Å². The van der Waals surface area contributed by atoms with Crippen LogP contribution >= 0.6 is 11.3 Å². The number of benzene rings is 1. The third-order valence-corrected chi connectivity index (χ3v) is 6.32. The highest BCUT2D eigenvalue weighted by atomic mass is 32.1. The van der Waals surface area contributed by atoms with E-state index in [1.54, 1.807) is 25.2 Å². The number of aryl methyl sites for hydroxylation is 2. The van der Waals surface area contributed by atoms with Crippen molar-refractivity contribution in [3.8, 4) is 17.2 Å². The summed E-state index contributed by atoms with van der Waals surface area (Å²) in [5, 5.41) is 12.8. The molecule has 3 heterocycles. The van der Waals surface area contributed by atoms with Crippen molar-refractivity contribution in [3.63, 3.8) is 0 Å². The number of β-amino-alcohol motifs (C(OH)–C–C–N with tert-alkyl or cyclic N) is 1. The molecule has 1 aromatic carbocycles. The van der Waals surface area contributed by atoms with Crippen LogP contribution < -0.4 is 9.47 Å². The smallest absolute Gasteiger partial charge is 0.266 e. The summed E-state index contributed by atoms with van der Waals surface area (Å²) in [7, 11) is 3.16. The Bertz CT molecular complexity index is 1050. The number of carbonyl (C=O) groups excluding carboxylic acids is 1. The Kier molecular flexibility index (Phi) is 5.10. The van der Waals surface area contributed by atoms with E-state index in [9.17, 15) is 9.90 Å². The summed E-state index contributed by atoms with van der Waals surface area (Å²) in [5.74, 6) is 1.15. The predicted octanol–water partition coefficient (Wildman–Crippen LogP) is 3.86. The topological polar surface area (TPSA) is 63.9 Å². The van der Waals surface area contributed by atoms with Gasteiger partial charge < -0.3 is 24.0 Å². The SMILES string of the molecule is COc1ccc(OC)c2c1CN(C(=O)c1sccc1-n1c(C)ccc1C)CC2O. The standard InChI is InChI=1S/C22H24N2O4S/c1-13-5-6-14(2)24(13)16-9-10-29-21(16)22(26)23-11-15-18(27-3)7-8-19(28-4)20(15)17(25)12-23/h5-10,17,25H,11-12H2,1-4H3. The van der Waals surface area contributed by atoms with Gasteiger partial charge in [-0.3, -0.25) is 4.79 Å². The van der Waals surface area contributed by atoms with Crippen molar-refractivity contribution in [2.24, 2.45) is 0 Å². The fraction of sp³-hybridized carbons (Fsp3) is 0.318. The third kappa shape index (κ3) is 3.20. The van der Waals surface area contributed by atoms with Crippen molar-refractivity contribution < 1.29 is 19.4 Å². The highest BCUT2D eigenvalue weighted by molar-refractivity contribution is 7.12. The van der Waals surface area contributed by atoms with Gasteiger partial charge in [0.15, 0.2) is 0 Å². The Balaban J connectivity index is 1.72. The number of carbonyl (C=O) groups is 1. The number of methoxy groups -OCH3 is 2. The molecule has 4 rings (SSSR count). The number of aliphatic hydroxyl groups excluding tert-OH is 1. The summed E-state index contributed by atoms with van der Waals surface area (Å²) in [4.78, 5) is 15.8. The molecular weight excluding hydrogens is 388 g/mol. The van der Waals surface area contributed by atoms with Crippen molar-refractivity contribution in [1.29, 1.82) is 0 Å². The average molecular weight is 413 g/mol. The van der Waals surface area contributed by atoms with E-state index in [2.05, 4.69) is 4.57 Å². The Hall–Kier alpha value is -2.77. The van der Waals surface area contributed by atoms with Crippen LogP contribution in [0.1, 0.15) is 38.3 Å². The van der Waals surface area contributed by atoms with Crippen molar-refractivity contribution in [1.82, 2.24) is 9.47 Å². The number of hydrogen-bond donors (Lipinski definition) is 1. The van der Waals surface area contributed by atoms with Gasteiger partial charge in [0.05, 0.1) is 33.0 Å². The van der Waals surface area contributed by atoms with Crippen LogP contribution in [0.5, 0.6) is 11.5 Å². The molecule has 0 aliphatic carbocycles. The number of rotatable bonds is 4. The molecular formula is C22H24N2O4S. The van der Waals surface area contributed by atoms with Crippen LogP contribution in [0.3, 0.4) is 0 Å². The molecule has 0 saturated heterocycles. The Morgan fingerprint density at radius 1 is 1.07 bits per heavy atom. The van der Waals surface area contributed by atoms with Gasteiger partial charge in [0.2, 0.25) is 0 Å². The van der Waals surface area contributed by atoms with Gasteiger partial charge in [-0.25, -0.2) is 0 Å². The lowest BCUT2D eigenvalue weighted by atomic mass is 9.95. The molecule has 2 aromatic heterocycles. The number of thiophene rings is 1. The molecule has 29 heavy (non-hydrogen) atoms. The van der Waals surface area contributed by atoms with Crippen molar-refractivity contribution in [2.45, 2.75) is 26.5 Å². The highest BCUT2D eigenvalue weighted by Gasteiger charge is 2.33. The zero-order valence-electron chi connectivity index (χ0n) is 16.9. The quantitative estimate of drug-likeness (QED) is 0.707. The molecule has 1 atom stereocenters. The zero-order valence-corrected chi connectivity index (χ0v) is 17.7. The van der Waals surface area contributed by atoms with Crippen LogP contribution in [0.25, 0.3) is 5.69 Å². The normalized spacial score (nSPS) is 15.9. The van der Waals surface area contributed by atoms with E-state index in [-0.39, 0.29) is 12.5 Å².